The number of carbonyl (C=O) groups is 2. The molecule has 1 aromatic heterocycles. The van der Waals surface area contributed by atoms with Crippen molar-refractivity contribution in [1.82, 2.24) is 9.13 Å². The van der Waals surface area contributed by atoms with Crippen molar-refractivity contribution in [2.75, 3.05) is 5.32 Å². The Kier molecular flexibility index (Phi) is 1.05. The summed E-state index contributed by atoms with van der Waals surface area (Å²) < 4.78 is 2.04. The Morgan fingerprint density at radius 2 is 2.00 bits per heavy atom. The Labute approximate surface area is 66.4 Å². The summed E-state index contributed by atoms with van der Waals surface area (Å²) in [5, 5.41) is 2.26. The molecule has 0 fully saturated rings. The number of aryl methyl sites for hydroxylation is 1. The molecule has 1 N–H and O–H groups in total. The number of nitrogens with one attached hydrogen (secondary N) is 1. The second kappa shape index (κ2) is 1.84. The SMILES string of the molecule is Cn1cc2n(c1=O)C(=O)C(=O)N2. The van der Waals surface area contributed by atoms with Crippen LogP contribution in [0.2, 0.25) is 0 Å². The Bertz CT molecular complexity index is 439. The van der Waals surface area contributed by atoms with Gasteiger partial charge < -0.3 is 5.32 Å². The summed E-state index contributed by atoms with van der Waals surface area (Å²) in [6.07, 6.45) is 1.39. The van der Waals surface area contributed by atoms with Crippen LogP contribution in [0, 0.1) is 0 Å². The lowest BCUT2D eigenvalue weighted by Crippen LogP contribution is -2.29. The van der Waals surface area contributed by atoms with Crippen LogP contribution in [0.1, 0.15) is 4.79 Å². The average Bonchev–Trinajstić information content (AvgIpc) is 2.40. The maximum absolute atomic E-state index is 11.1. The first kappa shape index (κ1) is 6.84. The zero-order valence-electron chi connectivity index (χ0n) is 6.20. The van der Waals surface area contributed by atoms with Crippen LogP contribution in [0.4, 0.5) is 5.82 Å². The lowest BCUT2D eigenvalue weighted by Gasteiger charge is -1.87. The van der Waals surface area contributed by atoms with E-state index >= 15 is 0 Å². The van der Waals surface area contributed by atoms with Crippen LogP contribution in [0.15, 0.2) is 11.0 Å². The van der Waals surface area contributed by atoms with Crippen molar-refractivity contribution in [2.24, 2.45) is 7.05 Å². The second-order valence-electron chi connectivity index (χ2n) is 2.50. The zero-order chi connectivity index (χ0) is 8.88. The molecule has 2 rings (SSSR count). The molecule has 6 nitrogen and oxygen atoms in total. The zero-order valence-corrected chi connectivity index (χ0v) is 6.20. The number of anilines is 1. The van der Waals surface area contributed by atoms with Crippen molar-refractivity contribution >= 4 is 17.6 Å². The fourth-order valence-corrected chi connectivity index (χ4v) is 1.11. The third-order valence-corrected chi connectivity index (χ3v) is 1.69. The molecule has 1 amide bonds. The molecule has 0 spiro atoms. The predicted octanol–water partition coefficient (Wildman–Crippen LogP) is -1.22. The van der Waals surface area contributed by atoms with Crippen LogP contribution in [0.25, 0.3) is 0 Å². The van der Waals surface area contributed by atoms with Crippen molar-refractivity contribution in [3.05, 3.63) is 16.7 Å². The topological polar surface area (TPSA) is 73.1 Å². The summed E-state index contributed by atoms with van der Waals surface area (Å²) >= 11 is 0. The highest BCUT2D eigenvalue weighted by Crippen LogP contribution is 2.10. The predicted molar refractivity (Wildman–Crippen MR) is 38.9 cm³/mol. The molecule has 0 atom stereocenters. The number of hydrogen-bond acceptors (Lipinski definition) is 3. The Balaban J connectivity index is 2.77. The van der Waals surface area contributed by atoms with E-state index in [-0.39, 0.29) is 5.82 Å². The van der Waals surface area contributed by atoms with Gasteiger partial charge in [0.25, 0.3) is 0 Å². The maximum Gasteiger partial charge on any atom is 0.336 e. The van der Waals surface area contributed by atoms with Gasteiger partial charge in [0.15, 0.2) is 0 Å². The maximum atomic E-state index is 11.1. The summed E-state index contributed by atoms with van der Waals surface area (Å²) in [4.78, 5) is 32.8. The number of imidazole rings is 1. The van der Waals surface area contributed by atoms with Gasteiger partial charge in [-0.05, 0) is 0 Å². The number of aromatic nitrogens is 2. The van der Waals surface area contributed by atoms with Crippen LogP contribution in [0.3, 0.4) is 0 Å². The van der Waals surface area contributed by atoms with Gasteiger partial charge in [0.1, 0.15) is 5.82 Å². The van der Waals surface area contributed by atoms with Crippen LogP contribution in [0.5, 0.6) is 0 Å². The fraction of sp³-hybridized carbons (Fsp3) is 0.167. The molecule has 1 aliphatic heterocycles. The van der Waals surface area contributed by atoms with E-state index in [0.29, 0.717) is 0 Å². The number of rotatable bonds is 0. The normalized spacial score (nSPS) is 14.8. The van der Waals surface area contributed by atoms with Crippen molar-refractivity contribution in [2.45, 2.75) is 0 Å². The standard InChI is InChI=1S/C6H5N3O3/c1-8-2-3-7-4(10)5(11)9(3)6(8)12/h2H,1H3,(H,7,10). The third-order valence-electron chi connectivity index (χ3n) is 1.69. The van der Waals surface area contributed by atoms with E-state index in [1.807, 2.05) is 0 Å². The summed E-state index contributed by atoms with van der Waals surface area (Å²) in [5.74, 6) is -1.35. The number of hydrogen-bond donors (Lipinski definition) is 1. The number of amides is 1. The summed E-state index contributed by atoms with van der Waals surface area (Å²) in [6.45, 7) is 0. The molecule has 0 saturated heterocycles. The van der Waals surface area contributed by atoms with Gasteiger partial charge in [0, 0.05) is 7.05 Å². The number of carbonyl (C=O) groups excluding carboxylic acids is 2. The van der Waals surface area contributed by atoms with Gasteiger partial charge in [0.2, 0.25) is 0 Å². The second-order valence-corrected chi connectivity index (χ2v) is 2.50. The molecule has 0 unspecified atom stereocenters. The van der Waals surface area contributed by atoms with Gasteiger partial charge >= 0.3 is 17.5 Å². The van der Waals surface area contributed by atoms with E-state index in [0.717, 1.165) is 4.57 Å². The van der Waals surface area contributed by atoms with Gasteiger partial charge in [-0.3, -0.25) is 14.2 Å². The van der Waals surface area contributed by atoms with Gasteiger partial charge in [-0.25, -0.2) is 9.36 Å². The van der Waals surface area contributed by atoms with E-state index in [1.165, 1.54) is 17.8 Å². The van der Waals surface area contributed by atoms with E-state index < -0.39 is 17.5 Å². The molecule has 12 heavy (non-hydrogen) atoms. The molecule has 0 bridgehead atoms. The van der Waals surface area contributed by atoms with E-state index in [2.05, 4.69) is 5.32 Å². The van der Waals surface area contributed by atoms with Crippen LogP contribution < -0.4 is 11.0 Å². The molecule has 2 heterocycles. The van der Waals surface area contributed by atoms with Crippen LogP contribution in [-0.4, -0.2) is 20.9 Å². The lowest BCUT2D eigenvalue weighted by atomic mass is 10.6. The van der Waals surface area contributed by atoms with Gasteiger partial charge in [-0.1, -0.05) is 0 Å². The molecule has 6 heteroatoms. The first-order chi connectivity index (χ1) is 5.61. The van der Waals surface area contributed by atoms with E-state index in [4.69, 9.17) is 0 Å². The fourth-order valence-electron chi connectivity index (χ4n) is 1.11. The highest BCUT2D eigenvalue weighted by Gasteiger charge is 2.30. The van der Waals surface area contributed by atoms with Crippen molar-refractivity contribution < 1.29 is 9.59 Å². The van der Waals surface area contributed by atoms with Crippen LogP contribution >= 0.6 is 0 Å². The van der Waals surface area contributed by atoms with Gasteiger partial charge in [0.05, 0.1) is 6.20 Å². The first-order valence-corrected chi connectivity index (χ1v) is 3.25. The van der Waals surface area contributed by atoms with E-state index in [1.54, 1.807) is 0 Å². The summed E-state index contributed by atoms with van der Waals surface area (Å²) in [7, 11) is 1.51. The van der Waals surface area contributed by atoms with Crippen molar-refractivity contribution in [3.8, 4) is 0 Å². The van der Waals surface area contributed by atoms with Crippen molar-refractivity contribution in [3.63, 3.8) is 0 Å². The monoisotopic (exact) mass is 167 g/mol. The molecule has 0 aliphatic carbocycles. The summed E-state index contributed by atoms with van der Waals surface area (Å²) in [6, 6.07) is 0. The van der Waals surface area contributed by atoms with Crippen molar-refractivity contribution in [1.29, 1.82) is 0 Å². The summed E-state index contributed by atoms with van der Waals surface area (Å²) in [5.41, 5.74) is -0.506. The highest BCUT2D eigenvalue weighted by atomic mass is 16.2. The quantitative estimate of drug-likeness (QED) is 0.492. The smallest absolute Gasteiger partial charge is 0.302 e. The highest BCUT2D eigenvalue weighted by molar-refractivity contribution is 6.43. The molecule has 0 saturated carbocycles. The molecule has 0 aromatic carbocycles. The third kappa shape index (κ3) is 0.609. The Morgan fingerprint density at radius 3 is 2.58 bits per heavy atom. The lowest BCUT2D eigenvalue weighted by molar-refractivity contribution is -0.112. The minimum Gasteiger partial charge on any atom is -0.302 e. The van der Waals surface area contributed by atoms with Gasteiger partial charge in [-0.15, -0.1) is 0 Å². The largest absolute Gasteiger partial charge is 0.336 e. The van der Waals surface area contributed by atoms with E-state index in [9.17, 15) is 14.4 Å². The van der Waals surface area contributed by atoms with Gasteiger partial charge in [-0.2, -0.15) is 0 Å². The molecule has 0 radical (unpaired) electrons. The minimum atomic E-state index is -0.824. The number of fused-ring (bicyclic) bond motifs is 1. The minimum absolute atomic E-state index is 0.234. The molecular formula is C6H5N3O3. The van der Waals surface area contributed by atoms with Crippen LogP contribution in [-0.2, 0) is 11.8 Å². The first-order valence-electron chi connectivity index (χ1n) is 3.25. The number of nitrogens with zero attached hydrogens (tertiary/aromatic N) is 2. The molecule has 1 aliphatic rings. The molecular weight excluding hydrogens is 162 g/mol. The molecule has 62 valence electrons. The Morgan fingerprint density at radius 1 is 1.33 bits per heavy atom. The molecule has 1 aromatic rings. The Hall–Kier alpha value is -1.85. The average molecular weight is 167 g/mol.